The van der Waals surface area contributed by atoms with E-state index in [0.29, 0.717) is 19.4 Å². The van der Waals surface area contributed by atoms with Crippen LogP contribution in [0.1, 0.15) is 28.9 Å². The van der Waals surface area contributed by atoms with Crippen molar-refractivity contribution in [3.8, 4) is 0 Å². The molecule has 4 nitrogen and oxygen atoms in total. The summed E-state index contributed by atoms with van der Waals surface area (Å²) in [5.41, 5.74) is 5.74. The van der Waals surface area contributed by atoms with Gasteiger partial charge < -0.3 is 10.6 Å². The largest absolute Gasteiger partial charge is 0.341 e. The number of Topliss-reactive ketones (excluding diaryl/α,β-unsaturated/α-hetero) is 1. The molecule has 0 saturated carbocycles. The van der Waals surface area contributed by atoms with Crippen molar-refractivity contribution in [3.63, 3.8) is 0 Å². The first-order chi connectivity index (χ1) is 8.16. The Kier molecular flexibility index (Phi) is 5.78. The summed E-state index contributed by atoms with van der Waals surface area (Å²) in [5.74, 6) is 0.0969. The van der Waals surface area contributed by atoms with Gasteiger partial charge in [-0.1, -0.05) is 6.07 Å². The molecule has 0 radical (unpaired) electrons. The predicted octanol–water partition coefficient (Wildman–Crippen LogP) is 1.69. The molecule has 2 heterocycles. The van der Waals surface area contributed by atoms with Crippen molar-refractivity contribution in [2.75, 3.05) is 13.1 Å². The first kappa shape index (κ1) is 15.1. The van der Waals surface area contributed by atoms with Gasteiger partial charge in [-0.25, -0.2) is 0 Å². The molecule has 1 aliphatic rings. The van der Waals surface area contributed by atoms with Gasteiger partial charge in [-0.15, -0.1) is 23.7 Å². The Labute approximate surface area is 117 Å². The summed E-state index contributed by atoms with van der Waals surface area (Å²) in [6, 6.07) is 3.74. The van der Waals surface area contributed by atoms with Crippen LogP contribution in [0.25, 0.3) is 0 Å². The second kappa shape index (κ2) is 6.87. The van der Waals surface area contributed by atoms with E-state index >= 15 is 0 Å². The maximum atomic E-state index is 11.8. The topological polar surface area (TPSA) is 63.4 Å². The first-order valence-corrected chi connectivity index (χ1v) is 6.65. The van der Waals surface area contributed by atoms with Crippen LogP contribution in [0, 0.1) is 0 Å². The Bertz CT molecular complexity index is 408. The maximum absolute atomic E-state index is 11.8. The third-order valence-electron chi connectivity index (χ3n) is 2.94. The van der Waals surface area contributed by atoms with Crippen LogP contribution >= 0.6 is 23.7 Å². The van der Waals surface area contributed by atoms with Crippen molar-refractivity contribution in [1.29, 1.82) is 0 Å². The molecular formula is C12H17ClN2O2S. The number of ketones is 1. The molecule has 1 atom stereocenters. The van der Waals surface area contributed by atoms with E-state index in [-0.39, 0.29) is 30.1 Å². The molecule has 1 aromatic rings. The molecule has 0 aromatic carbocycles. The van der Waals surface area contributed by atoms with Crippen LogP contribution in [0.3, 0.4) is 0 Å². The number of thiophene rings is 1. The Hall–Kier alpha value is -0.910. The zero-order valence-corrected chi connectivity index (χ0v) is 11.6. The molecule has 100 valence electrons. The number of nitrogens with zero attached hydrogens (tertiary/aromatic N) is 1. The Morgan fingerprint density at radius 2 is 2.22 bits per heavy atom. The van der Waals surface area contributed by atoms with Crippen molar-refractivity contribution >= 4 is 35.4 Å². The van der Waals surface area contributed by atoms with E-state index in [0.717, 1.165) is 17.8 Å². The molecule has 1 aromatic heterocycles. The molecule has 0 bridgehead atoms. The summed E-state index contributed by atoms with van der Waals surface area (Å²) < 4.78 is 0. The van der Waals surface area contributed by atoms with Gasteiger partial charge in [0.25, 0.3) is 0 Å². The number of nitrogens with two attached hydrogens (primary N) is 1. The lowest BCUT2D eigenvalue weighted by atomic mass is 10.2. The van der Waals surface area contributed by atoms with Gasteiger partial charge in [0.05, 0.1) is 4.88 Å². The van der Waals surface area contributed by atoms with Gasteiger partial charge in [-0.2, -0.15) is 0 Å². The van der Waals surface area contributed by atoms with Crippen LogP contribution < -0.4 is 5.73 Å². The van der Waals surface area contributed by atoms with Crippen LogP contribution in [-0.4, -0.2) is 35.7 Å². The van der Waals surface area contributed by atoms with Crippen molar-refractivity contribution in [1.82, 2.24) is 4.90 Å². The van der Waals surface area contributed by atoms with Gasteiger partial charge in [0, 0.05) is 32.0 Å². The molecular weight excluding hydrogens is 272 g/mol. The van der Waals surface area contributed by atoms with E-state index in [1.165, 1.54) is 11.3 Å². The van der Waals surface area contributed by atoms with E-state index in [2.05, 4.69) is 0 Å². The molecule has 2 N–H and O–H groups in total. The van der Waals surface area contributed by atoms with Crippen LogP contribution in [-0.2, 0) is 4.79 Å². The number of carbonyl (C=O) groups excluding carboxylic acids is 2. The lowest BCUT2D eigenvalue weighted by Crippen LogP contribution is -2.32. The van der Waals surface area contributed by atoms with Gasteiger partial charge in [-0.3, -0.25) is 9.59 Å². The molecule has 1 saturated heterocycles. The van der Waals surface area contributed by atoms with Gasteiger partial charge in [0.1, 0.15) is 0 Å². The van der Waals surface area contributed by atoms with E-state index in [1.54, 1.807) is 11.0 Å². The van der Waals surface area contributed by atoms with Gasteiger partial charge in [-0.05, 0) is 17.9 Å². The zero-order valence-electron chi connectivity index (χ0n) is 10.0. The zero-order chi connectivity index (χ0) is 12.3. The molecule has 1 fully saturated rings. The second-order valence-corrected chi connectivity index (χ2v) is 5.24. The Morgan fingerprint density at radius 3 is 2.78 bits per heavy atom. The van der Waals surface area contributed by atoms with Crippen molar-refractivity contribution in [2.24, 2.45) is 5.73 Å². The highest BCUT2D eigenvalue weighted by atomic mass is 35.5. The number of amides is 1. The molecule has 0 spiro atoms. The fourth-order valence-corrected chi connectivity index (χ4v) is 2.65. The second-order valence-electron chi connectivity index (χ2n) is 4.29. The van der Waals surface area contributed by atoms with E-state index in [4.69, 9.17) is 5.73 Å². The van der Waals surface area contributed by atoms with Crippen LogP contribution in [0.2, 0.25) is 0 Å². The monoisotopic (exact) mass is 288 g/mol. The maximum Gasteiger partial charge on any atom is 0.223 e. The summed E-state index contributed by atoms with van der Waals surface area (Å²) in [5, 5.41) is 1.87. The van der Waals surface area contributed by atoms with Crippen molar-refractivity contribution in [3.05, 3.63) is 22.4 Å². The van der Waals surface area contributed by atoms with Gasteiger partial charge in [0.15, 0.2) is 5.78 Å². The Morgan fingerprint density at radius 1 is 1.44 bits per heavy atom. The van der Waals surface area contributed by atoms with Crippen LogP contribution in [0.4, 0.5) is 0 Å². The lowest BCUT2D eigenvalue weighted by molar-refractivity contribution is -0.130. The number of halogens is 1. The van der Waals surface area contributed by atoms with E-state index in [9.17, 15) is 9.59 Å². The van der Waals surface area contributed by atoms with Crippen molar-refractivity contribution < 1.29 is 9.59 Å². The number of hydrogen-bond donors (Lipinski definition) is 1. The molecule has 2 rings (SSSR count). The molecule has 0 aliphatic carbocycles. The lowest BCUT2D eigenvalue weighted by Gasteiger charge is -2.15. The fourth-order valence-electron chi connectivity index (χ4n) is 1.95. The number of rotatable bonds is 4. The molecule has 0 unspecified atom stereocenters. The third kappa shape index (κ3) is 3.80. The average molecular weight is 289 g/mol. The minimum atomic E-state index is 0. The van der Waals surface area contributed by atoms with E-state index in [1.807, 2.05) is 11.4 Å². The normalized spacial score (nSPS) is 18.5. The Balaban J connectivity index is 0.00000162. The summed E-state index contributed by atoms with van der Waals surface area (Å²) in [7, 11) is 0. The molecule has 6 heteroatoms. The molecule has 1 amide bonds. The molecule has 1 aliphatic heterocycles. The number of carbonyl (C=O) groups is 2. The predicted molar refractivity (Wildman–Crippen MR) is 74.3 cm³/mol. The summed E-state index contributed by atoms with van der Waals surface area (Å²) in [4.78, 5) is 26.0. The summed E-state index contributed by atoms with van der Waals surface area (Å²) in [6.45, 7) is 1.36. The summed E-state index contributed by atoms with van der Waals surface area (Å²) >= 11 is 1.42. The minimum Gasteiger partial charge on any atom is -0.341 e. The van der Waals surface area contributed by atoms with Gasteiger partial charge in [0.2, 0.25) is 5.91 Å². The fraction of sp³-hybridized carbons (Fsp3) is 0.500. The number of hydrogen-bond acceptors (Lipinski definition) is 4. The van der Waals surface area contributed by atoms with E-state index < -0.39 is 0 Å². The van der Waals surface area contributed by atoms with Crippen LogP contribution in [0.15, 0.2) is 17.5 Å². The quantitative estimate of drug-likeness (QED) is 0.858. The number of likely N-dealkylation sites (tertiary alicyclic amines) is 1. The van der Waals surface area contributed by atoms with Gasteiger partial charge >= 0.3 is 0 Å². The molecule has 18 heavy (non-hydrogen) atoms. The third-order valence-corrected chi connectivity index (χ3v) is 3.85. The smallest absolute Gasteiger partial charge is 0.223 e. The highest BCUT2D eigenvalue weighted by Gasteiger charge is 2.23. The van der Waals surface area contributed by atoms with Crippen molar-refractivity contribution in [2.45, 2.75) is 25.3 Å². The SMILES string of the molecule is Cl.N[C@@H]1CCN(C(=O)CCC(=O)c2cccs2)C1. The van der Waals surface area contributed by atoms with Crippen LogP contribution in [0.5, 0.6) is 0 Å². The summed E-state index contributed by atoms with van der Waals surface area (Å²) in [6.07, 6.45) is 1.46. The highest BCUT2D eigenvalue weighted by Crippen LogP contribution is 2.14. The average Bonchev–Trinajstić information content (AvgIpc) is 2.95. The highest BCUT2D eigenvalue weighted by molar-refractivity contribution is 7.12. The standard InChI is InChI=1S/C12H16N2O2S.ClH/c13-9-5-6-14(8-9)12(16)4-3-10(15)11-2-1-7-17-11;/h1-2,7,9H,3-6,8,13H2;1H/t9-;/m1./s1. The first-order valence-electron chi connectivity index (χ1n) is 5.77. The minimum absolute atomic E-state index is 0.